The van der Waals surface area contributed by atoms with Crippen LogP contribution in [-0.2, 0) is 16.1 Å². The van der Waals surface area contributed by atoms with Gasteiger partial charge in [-0.15, -0.1) is 0 Å². The summed E-state index contributed by atoms with van der Waals surface area (Å²) >= 11 is 1.70. The summed E-state index contributed by atoms with van der Waals surface area (Å²) in [5.41, 5.74) is 2.57. The van der Waals surface area contributed by atoms with Gasteiger partial charge in [0.15, 0.2) is 0 Å². The summed E-state index contributed by atoms with van der Waals surface area (Å²) in [5, 5.41) is 7.56. The molecule has 0 saturated carbocycles. The van der Waals surface area contributed by atoms with E-state index in [9.17, 15) is 4.79 Å². The zero-order valence-electron chi connectivity index (χ0n) is 10.9. The highest BCUT2D eigenvalue weighted by molar-refractivity contribution is 7.08. The fourth-order valence-corrected chi connectivity index (χ4v) is 2.83. The number of nitrogens with one attached hydrogen (secondary N) is 1. The maximum atomic E-state index is 12.2. The van der Waals surface area contributed by atoms with Crippen LogP contribution in [0.2, 0.25) is 0 Å². The monoisotopic (exact) mass is 268 g/mol. The van der Waals surface area contributed by atoms with E-state index in [-0.39, 0.29) is 11.9 Å². The van der Waals surface area contributed by atoms with Gasteiger partial charge in [0, 0.05) is 19.6 Å². The number of hydrogen-bond acceptors (Lipinski definition) is 4. The molecular weight excluding hydrogens is 248 g/mol. The zero-order valence-corrected chi connectivity index (χ0v) is 11.8. The van der Waals surface area contributed by atoms with E-state index < -0.39 is 0 Å². The maximum absolute atomic E-state index is 12.2. The van der Waals surface area contributed by atoms with Crippen LogP contribution in [0.25, 0.3) is 0 Å². The molecule has 0 bridgehead atoms. The molecule has 5 heteroatoms. The molecule has 0 radical (unpaired) electrons. The smallest absolute Gasteiger partial charge is 0.239 e. The van der Waals surface area contributed by atoms with Gasteiger partial charge in [-0.05, 0) is 35.7 Å². The van der Waals surface area contributed by atoms with E-state index in [1.807, 2.05) is 11.8 Å². The van der Waals surface area contributed by atoms with Crippen molar-refractivity contribution in [3.63, 3.8) is 0 Å². The molecule has 1 aromatic rings. The molecule has 0 aromatic carbocycles. The molecule has 2 rings (SSSR count). The number of thiophene rings is 1. The Kier molecular flexibility index (Phi) is 4.74. The van der Waals surface area contributed by atoms with Gasteiger partial charge in [-0.25, -0.2) is 0 Å². The molecule has 1 saturated heterocycles. The SMILES string of the molecule is Cc1cscc1CNC(C)C(=O)N1CCOCC1. The normalized spacial score (nSPS) is 17.8. The van der Waals surface area contributed by atoms with Gasteiger partial charge in [-0.3, -0.25) is 4.79 Å². The first-order valence-electron chi connectivity index (χ1n) is 6.30. The second-order valence-electron chi connectivity index (χ2n) is 4.62. The highest BCUT2D eigenvalue weighted by Crippen LogP contribution is 2.13. The summed E-state index contributed by atoms with van der Waals surface area (Å²) in [6.07, 6.45) is 0. The van der Waals surface area contributed by atoms with Crippen LogP contribution in [0.5, 0.6) is 0 Å². The van der Waals surface area contributed by atoms with Crippen molar-refractivity contribution < 1.29 is 9.53 Å². The van der Waals surface area contributed by atoms with Gasteiger partial charge in [-0.1, -0.05) is 0 Å². The standard InChI is InChI=1S/C13H20N2O2S/c1-10-8-18-9-12(10)7-14-11(2)13(16)15-3-5-17-6-4-15/h8-9,11,14H,3-7H2,1-2H3. The second kappa shape index (κ2) is 6.31. The van der Waals surface area contributed by atoms with Crippen LogP contribution in [0.4, 0.5) is 0 Å². The highest BCUT2D eigenvalue weighted by Gasteiger charge is 2.21. The van der Waals surface area contributed by atoms with E-state index in [4.69, 9.17) is 4.74 Å². The number of rotatable bonds is 4. The van der Waals surface area contributed by atoms with E-state index in [1.165, 1.54) is 11.1 Å². The van der Waals surface area contributed by atoms with Crippen molar-refractivity contribution >= 4 is 17.2 Å². The van der Waals surface area contributed by atoms with Crippen molar-refractivity contribution in [2.75, 3.05) is 26.3 Å². The molecule has 4 nitrogen and oxygen atoms in total. The molecule has 1 amide bonds. The Hall–Kier alpha value is -0.910. The lowest BCUT2D eigenvalue weighted by molar-refractivity contribution is -0.137. The Morgan fingerprint density at radius 3 is 2.83 bits per heavy atom. The number of carbonyl (C=O) groups excluding carboxylic acids is 1. The predicted molar refractivity (Wildman–Crippen MR) is 72.8 cm³/mol. The Morgan fingerprint density at radius 2 is 2.22 bits per heavy atom. The van der Waals surface area contributed by atoms with Crippen LogP contribution in [0.3, 0.4) is 0 Å². The first-order valence-corrected chi connectivity index (χ1v) is 7.24. The van der Waals surface area contributed by atoms with Crippen molar-refractivity contribution in [2.24, 2.45) is 0 Å². The highest BCUT2D eigenvalue weighted by atomic mass is 32.1. The number of aryl methyl sites for hydroxylation is 1. The summed E-state index contributed by atoms with van der Waals surface area (Å²) in [5.74, 6) is 0.172. The van der Waals surface area contributed by atoms with Crippen LogP contribution >= 0.6 is 11.3 Å². The van der Waals surface area contributed by atoms with Gasteiger partial charge in [0.2, 0.25) is 5.91 Å². The van der Waals surface area contributed by atoms with Crippen LogP contribution in [0.15, 0.2) is 10.8 Å². The average Bonchev–Trinajstić information content (AvgIpc) is 2.81. The summed E-state index contributed by atoms with van der Waals surface area (Å²) in [4.78, 5) is 14.0. The number of hydrogen-bond donors (Lipinski definition) is 1. The molecule has 1 atom stereocenters. The van der Waals surface area contributed by atoms with E-state index in [2.05, 4.69) is 23.0 Å². The average molecular weight is 268 g/mol. The molecule has 1 aromatic heterocycles. The molecule has 18 heavy (non-hydrogen) atoms. The molecule has 100 valence electrons. The number of amides is 1. The number of carbonyl (C=O) groups is 1. The molecule has 1 unspecified atom stereocenters. The Balaban J connectivity index is 1.82. The van der Waals surface area contributed by atoms with Crippen LogP contribution in [0, 0.1) is 6.92 Å². The second-order valence-corrected chi connectivity index (χ2v) is 5.36. The first-order chi connectivity index (χ1) is 8.68. The lowest BCUT2D eigenvalue weighted by Gasteiger charge is -2.29. The zero-order chi connectivity index (χ0) is 13.0. The van der Waals surface area contributed by atoms with E-state index in [1.54, 1.807) is 11.3 Å². The van der Waals surface area contributed by atoms with Gasteiger partial charge in [-0.2, -0.15) is 11.3 Å². The van der Waals surface area contributed by atoms with Crippen LogP contribution in [-0.4, -0.2) is 43.2 Å². The number of ether oxygens (including phenoxy) is 1. The maximum Gasteiger partial charge on any atom is 0.239 e. The van der Waals surface area contributed by atoms with E-state index >= 15 is 0 Å². The first kappa shape index (κ1) is 13.5. The van der Waals surface area contributed by atoms with Crippen molar-refractivity contribution in [1.29, 1.82) is 0 Å². The van der Waals surface area contributed by atoms with Crippen molar-refractivity contribution in [3.8, 4) is 0 Å². The molecule has 1 aliphatic rings. The predicted octanol–water partition coefficient (Wildman–Crippen LogP) is 1.39. The summed E-state index contributed by atoms with van der Waals surface area (Å²) in [6.45, 7) is 7.52. The van der Waals surface area contributed by atoms with Gasteiger partial charge in [0.05, 0.1) is 19.3 Å². The van der Waals surface area contributed by atoms with Crippen molar-refractivity contribution in [3.05, 3.63) is 21.9 Å². The minimum atomic E-state index is -0.137. The van der Waals surface area contributed by atoms with Gasteiger partial charge in [0.25, 0.3) is 0 Å². The topological polar surface area (TPSA) is 41.6 Å². The Morgan fingerprint density at radius 1 is 1.50 bits per heavy atom. The lowest BCUT2D eigenvalue weighted by atomic mass is 10.2. The van der Waals surface area contributed by atoms with Crippen LogP contribution < -0.4 is 5.32 Å². The summed E-state index contributed by atoms with van der Waals surface area (Å²) in [6, 6.07) is -0.137. The van der Waals surface area contributed by atoms with Gasteiger partial charge < -0.3 is 15.0 Å². The fraction of sp³-hybridized carbons (Fsp3) is 0.615. The minimum absolute atomic E-state index is 0.137. The molecule has 0 aliphatic carbocycles. The summed E-state index contributed by atoms with van der Waals surface area (Å²) in [7, 11) is 0. The number of nitrogens with zero attached hydrogens (tertiary/aromatic N) is 1. The van der Waals surface area contributed by atoms with E-state index in [0.717, 1.165) is 6.54 Å². The largest absolute Gasteiger partial charge is 0.378 e. The molecule has 1 N–H and O–H groups in total. The molecule has 1 aliphatic heterocycles. The Labute approximate surface area is 112 Å². The molecule has 0 spiro atoms. The van der Waals surface area contributed by atoms with E-state index in [0.29, 0.717) is 26.3 Å². The quantitative estimate of drug-likeness (QED) is 0.897. The Bertz CT molecular complexity index is 399. The third-order valence-electron chi connectivity index (χ3n) is 3.25. The third kappa shape index (κ3) is 3.31. The summed E-state index contributed by atoms with van der Waals surface area (Å²) < 4.78 is 5.25. The molecule has 1 fully saturated rings. The fourth-order valence-electron chi connectivity index (χ4n) is 1.98. The molecular formula is C13H20N2O2S. The van der Waals surface area contributed by atoms with Crippen molar-refractivity contribution in [1.82, 2.24) is 10.2 Å². The van der Waals surface area contributed by atoms with Crippen molar-refractivity contribution in [2.45, 2.75) is 26.4 Å². The molecule has 2 heterocycles. The third-order valence-corrected chi connectivity index (χ3v) is 4.16. The minimum Gasteiger partial charge on any atom is -0.378 e. The van der Waals surface area contributed by atoms with Crippen LogP contribution in [0.1, 0.15) is 18.1 Å². The lowest BCUT2D eigenvalue weighted by Crippen LogP contribution is -2.49. The number of morpholine rings is 1. The van der Waals surface area contributed by atoms with Gasteiger partial charge >= 0.3 is 0 Å². The van der Waals surface area contributed by atoms with Gasteiger partial charge in [0.1, 0.15) is 0 Å².